The number of nitrogens with zero attached hydrogens (tertiary/aromatic N) is 3. The summed E-state index contributed by atoms with van der Waals surface area (Å²) >= 11 is 3.46. The second kappa shape index (κ2) is 3.20. The van der Waals surface area contributed by atoms with E-state index < -0.39 is 0 Å². The van der Waals surface area contributed by atoms with Gasteiger partial charge in [-0.25, -0.2) is 4.98 Å². The smallest absolute Gasteiger partial charge is 0.216 e. The first-order valence-electron chi connectivity index (χ1n) is 4.89. The summed E-state index contributed by atoms with van der Waals surface area (Å²) in [6.07, 6.45) is 2.41. The highest BCUT2D eigenvalue weighted by molar-refractivity contribution is 9.10. The molecule has 5 heteroatoms. The molecule has 3 rings (SSSR count). The van der Waals surface area contributed by atoms with E-state index in [9.17, 15) is 0 Å². The topological polar surface area (TPSA) is 39.4 Å². The number of pyridine rings is 1. The summed E-state index contributed by atoms with van der Waals surface area (Å²) in [6, 6.07) is 3.81. The molecular formula is C10H10BrN3O. The molecule has 0 aliphatic heterocycles. The van der Waals surface area contributed by atoms with Crippen LogP contribution in [0.5, 0.6) is 5.88 Å². The van der Waals surface area contributed by atoms with Crippen LogP contribution >= 0.6 is 15.9 Å². The Morgan fingerprint density at radius 3 is 2.93 bits per heavy atom. The highest BCUT2D eigenvalue weighted by atomic mass is 79.9. The first-order valence-corrected chi connectivity index (χ1v) is 5.68. The maximum atomic E-state index is 5.24. The van der Waals surface area contributed by atoms with Gasteiger partial charge >= 0.3 is 0 Å². The molecule has 1 saturated carbocycles. The number of fused-ring (bicyclic) bond motifs is 1. The van der Waals surface area contributed by atoms with Gasteiger partial charge in [0.05, 0.1) is 11.6 Å². The number of ether oxygens (including phenoxy) is 1. The van der Waals surface area contributed by atoms with E-state index in [1.165, 1.54) is 12.8 Å². The molecule has 2 aromatic heterocycles. The molecule has 2 aromatic rings. The van der Waals surface area contributed by atoms with Crippen LogP contribution in [0.1, 0.15) is 24.6 Å². The van der Waals surface area contributed by atoms with Crippen LogP contribution in [0.2, 0.25) is 0 Å². The van der Waals surface area contributed by atoms with E-state index in [1.54, 1.807) is 11.6 Å². The van der Waals surface area contributed by atoms with Crippen molar-refractivity contribution < 1.29 is 4.74 Å². The van der Waals surface area contributed by atoms with Crippen molar-refractivity contribution in [3.8, 4) is 5.88 Å². The summed E-state index contributed by atoms with van der Waals surface area (Å²) in [5.74, 6) is 2.20. The molecule has 1 aliphatic rings. The van der Waals surface area contributed by atoms with Gasteiger partial charge in [-0.3, -0.25) is 0 Å². The Labute approximate surface area is 95.4 Å². The fourth-order valence-corrected chi connectivity index (χ4v) is 1.98. The highest BCUT2D eigenvalue weighted by Crippen LogP contribution is 2.39. The zero-order valence-corrected chi connectivity index (χ0v) is 9.86. The lowest BCUT2D eigenvalue weighted by Crippen LogP contribution is -1.96. The van der Waals surface area contributed by atoms with Gasteiger partial charge in [0.25, 0.3) is 0 Å². The highest BCUT2D eigenvalue weighted by Gasteiger charge is 2.28. The van der Waals surface area contributed by atoms with E-state index in [0.29, 0.717) is 11.8 Å². The van der Waals surface area contributed by atoms with Crippen LogP contribution in [0.3, 0.4) is 0 Å². The molecule has 0 aromatic carbocycles. The molecule has 15 heavy (non-hydrogen) atoms. The van der Waals surface area contributed by atoms with Crippen LogP contribution in [0.25, 0.3) is 5.65 Å². The van der Waals surface area contributed by atoms with E-state index >= 15 is 0 Å². The van der Waals surface area contributed by atoms with Crippen LogP contribution in [0, 0.1) is 0 Å². The summed E-state index contributed by atoms with van der Waals surface area (Å²) in [6.45, 7) is 0. The number of halogens is 1. The van der Waals surface area contributed by atoms with E-state index in [0.717, 1.165) is 15.9 Å². The Morgan fingerprint density at radius 2 is 2.27 bits per heavy atom. The van der Waals surface area contributed by atoms with Gasteiger partial charge < -0.3 is 4.74 Å². The van der Waals surface area contributed by atoms with Crippen molar-refractivity contribution in [2.45, 2.75) is 18.8 Å². The maximum absolute atomic E-state index is 5.24. The second-order valence-electron chi connectivity index (χ2n) is 3.70. The zero-order chi connectivity index (χ0) is 10.4. The number of rotatable bonds is 2. The average molecular weight is 268 g/mol. The summed E-state index contributed by atoms with van der Waals surface area (Å²) in [4.78, 5) is 4.51. The first kappa shape index (κ1) is 9.15. The molecule has 0 atom stereocenters. The number of hydrogen-bond donors (Lipinski definition) is 0. The van der Waals surface area contributed by atoms with Crippen LogP contribution in [0.4, 0.5) is 0 Å². The van der Waals surface area contributed by atoms with Gasteiger partial charge in [0, 0.05) is 12.0 Å². The third-order valence-electron chi connectivity index (χ3n) is 2.57. The van der Waals surface area contributed by atoms with Crippen LogP contribution < -0.4 is 4.74 Å². The number of hydrogen-bond acceptors (Lipinski definition) is 3. The molecule has 2 heterocycles. The fraction of sp³-hybridized carbons (Fsp3) is 0.400. The third-order valence-corrected chi connectivity index (χ3v) is 3.19. The lowest BCUT2D eigenvalue weighted by molar-refractivity contribution is 0.385. The van der Waals surface area contributed by atoms with Crippen molar-refractivity contribution >= 4 is 21.6 Å². The number of aromatic nitrogens is 3. The summed E-state index contributed by atoms with van der Waals surface area (Å²) in [5.41, 5.74) is 0.830. The van der Waals surface area contributed by atoms with Crippen LogP contribution in [-0.4, -0.2) is 21.7 Å². The lowest BCUT2D eigenvalue weighted by atomic mass is 10.4. The molecular weight excluding hydrogens is 258 g/mol. The van der Waals surface area contributed by atoms with E-state index in [2.05, 4.69) is 26.0 Å². The molecule has 0 amide bonds. The molecule has 0 radical (unpaired) electrons. The zero-order valence-electron chi connectivity index (χ0n) is 8.27. The summed E-state index contributed by atoms with van der Waals surface area (Å²) in [7, 11) is 1.64. The Kier molecular flexibility index (Phi) is 1.95. The summed E-state index contributed by atoms with van der Waals surface area (Å²) < 4.78 is 7.93. The summed E-state index contributed by atoms with van der Waals surface area (Å²) in [5, 5.41) is 4.46. The second-order valence-corrected chi connectivity index (χ2v) is 4.56. The normalized spacial score (nSPS) is 15.9. The van der Waals surface area contributed by atoms with Gasteiger partial charge in [-0.15, -0.1) is 5.10 Å². The Bertz CT molecular complexity index is 519. The third kappa shape index (κ3) is 1.42. The van der Waals surface area contributed by atoms with Crippen LogP contribution in [0.15, 0.2) is 16.6 Å². The van der Waals surface area contributed by atoms with E-state index in [-0.39, 0.29) is 0 Å². The standard InChI is InChI=1S/C10H10BrN3O/c1-15-8-5-4-7(11)10-12-9(6-2-3-6)13-14(8)10/h4-6H,2-3H2,1H3. The van der Waals surface area contributed by atoms with E-state index in [1.807, 2.05) is 12.1 Å². The van der Waals surface area contributed by atoms with E-state index in [4.69, 9.17) is 4.74 Å². The van der Waals surface area contributed by atoms with Crippen molar-refractivity contribution in [3.63, 3.8) is 0 Å². The lowest BCUT2D eigenvalue weighted by Gasteiger charge is -2.01. The Hall–Kier alpha value is -1.10. The first-order chi connectivity index (χ1) is 7.29. The van der Waals surface area contributed by atoms with Crippen molar-refractivity contribution in [1.29, 1.82) is 0 Å². The predicted octanol–water partition coefficient (Wildman–Crippen LogP) is 2.38. The van der Waals surface area contributed by atoms with Gasteiger partial charge in [-0.1, -0.05) is 0 Å². The minimum atomic E-state index is 0.557. The van der Waals surface area contributed by atoms with Crippen LogP contribution in [-0.2, 0) is 0 Å². The monoisotopic (exact) mass is 267 g/mol. The van der Waals surface area contributed by atoms with Crippen molar-refractivity contribution in [1.82, 2.24) is 14.6 Å². The largest absolute Gasteiger partial charge is 0.481 e. The number of methoxy groups -OCH3 is 1. The van der Waals surface area contributed by atoms with Gasteiger partial charge in [-0.2, -0.15) is 4.52 Å². The SMILES string of the molecule is COc1ccc(Br)c2nc(C3CC3)nn12. The van der Waals surface area contributed by atoms with Crippen molar-refractivity contribution in [2.24, 2.45) is 0 Å². The maximum Gasteiger partial charge on any atom is 0.216 e. The molecule has 1 aliphatic carbocycles. The average Bonchev–Trinajstić information content (AvgIpc) is 2.99. The minimum Gasteiger partial charge on any atom is -0.481 e. The van der Waals surface area contributed by atoms with Gasteiger partial charge in [0.1, 0.15) is 0 Å². The fourth-order valence-electron chi connectivity index (χ4n) is 1.59. The molecule has 0 saturated heterocycles. The van der Waals surface area contributed by atoms with Crippen molar-refractivity contribution in [2.75, 3.05) is 7.11 Å². The Balaban J connectivity index is 2.25. The van der Waals surface area contributed by atoms with Gasteiger partial charge in [0.2, 0.25) is 5.88 Å². The molecule has 0 bridgehead atoms. The molecule has 0 N–H and O–H groups in total. The van der Waals surface area contributed by atoms with Crippen molar-refractivity contribution in [3.05, 3.63) is 22.4 Å². The van der Waals surface area contributed by atoms with Gasteiger partial charge in [-0.05, 0) is 34.8 Å². The molecule has 78 valence electrons. The Morgan fingerprint density at radius 1 is 1.47 bits per heavy atom. The predicted molar refractivity (Wildman–Crippen MR) is 59.2 cm³/mol. The quantitative estimate of drug-likeness (QED) is 0.839. The molecule has 1 fully saturated rings. The van der Waals surface area contributed by atoms with Gasteiger partial charge in [0.15, 0.2) is 11.5 Å². The molecule has 4 nitrogen and oxygen atoms in total. The molecule has 0 spiro atoms. The minimum absolute atomic E-state index is 0.557. The molecule has 0 unspecified atom stereocenters.